The molecule has 1 aromatic heterocycles. The first-order valence-corrected chi connectivity index (χ1v) is 9.33. The van der Waals surface area contributed by atoms with E-state index in [0.717, 1.165) is 43.1 Å². The number of fused-ring (bicyclic) bond motifs is 6. The fourth-order valence-electron chi connectivity index (χ4n) is 3.29. The van der Waals surface area contributed by atoms with E-state index in [4.69, 9.17) is 9.72 Å². The Morgan fingerprint density at radius 2 is 2.15 bits per heavy atom. The Kier molecular flexibility index (Phi) is 5.30. The molecule has 2 aromatic rings. The van der Waals surface area contributed by atoms with Crippen molar-refractivity contribution in [3.8, 4) is 0 Å². The summed E-state index contributed by atoms with van der Waals surface area (Å²) >= 11 is 0. The summed E-state index contributed by atoms with van der Waals surface area (Å²) in [6.07, 6.45) is 12.2. The highest BCUT2D eigenvalue weighted by Gasteiger charge is 2.11. The number of hydrogen-bond acceptors (Lipinski definition) is 5. The Bertz CT molecular complexity index is 901. The minimum Gasteiger partial charge on any atom is -0.490 e. The molecule has 1 aliphatic heterocycles. The molecule has 0 saturated heterocycles. The minimum absolute atomic E-state index is 0.579. The molecule has 5 heteroatoms. The van der Waals surface area contributed by atoms with Crippen molar-refractivity contribution in [1.29, 1.82) is 0 Å². The van der Waals surface area contributed by atoms with Crippen molar-refractivity contribution in [3.05, 3.63) is 77.8 Å². The van der Waals surface area contributed by atoms with E-state index in [9.17, 15) is 0 Å². The summed E-state index contributed by atoms with van der Waals surface area (Å²) in [5.41, 5.74) is 4.37. The van der Waals surface area contributed by atoms with Crippen molar-refractivity contribution in [3.63, 3.8) is 0 Å². The van der Waals surface area contributed by atoms with Gasteiger partial charge in [0.15, 0.2) is 0 Å². The summed E-state index contributed by atoms with van der Waals surface area (Å²) in [7, 11) is 2.12. The van der Waals surface area contributed by atoms with E-state index >= 15 is 0 Å². The molecule has 27 heavy (non-hydrogen) atoms. The smallest absolute Gasteiger partial charge is 0.227 e. The lowest BCUT2D eigenvalue weighted by Crippen LogP contribution is -2.17. The average Bonchev–Trinajstić information content (AvgIpc) is 2.68. The standard InChI is InChI=1S/C22H24N4O/c1-26-12-2-3-13-27-20-9-5-7-18(15-20)21-10-11-23-22(25-21)24-19-8-4-6-17(14-19)16-26/h2-4,6,8-11,14-15H,5,7,12-13,16H2,1H3,(H,23,24,25)/b3-2+. The molecule has 0 fully saturated rings. The lowest BCUT2D eigenvalue weighted by atomic mass is 10.0. The maximum Gasteiger partial charge on any atom is 0.227 e. The number of nitrogens with one attached hydrogen (secondary N) is 1. The normalized spacial score (nSPS) is 19.0. The molecule has 0 saturated carbocycles. The number of anilines is 2. The monoisotopic (exact) mass is 360 g/mol. The minimum atomic E-state index is 0.579. The maximum atomic E-state index is 5.90. The molecule has 0 atom stereocenters. The molecule has 6 bridgehead atoms. The van der Waals surface area contributed by atoms with Gasteiger partial charge in [-0.25, -0.2) is 9.97 Å². The second kappa shape index (κ2) is 8.18. The molecule has 138 valence electrons. The first kappa shape index (κ1) is 17.5. The largest absolute Gasteiger partial charge is 0.490 e. The van der Waals surface area contributed by atoms with E-state index in [2.05, 4.69) is 64.8 Å². The Morgan fingerprint density at radius 1 is 1.19 bits per heavy atom. The Hall–Kier alpha value is -2.92. The van der Waals surface area contributed by atoms with Gasteiger partial charge in [0.1, 0.15) is 12.4 Å². The van der Waals surface area contributed by atoms with Crippen molar-refractivity contribution >= 4 is 17.2 Å². The fraction of sp³-hybridized carbons (Fsp3) is 0.273. The molecule has 0 radical (unpaired) electrons. The van der Waals surface area contributed by atoms with E-state index in [-0.39, 0.29) is 0 Å². The summed E-state index contributed by atoms with van der Waals surface area (Å²) in [5.74, 6) is 1.53. The van der Waals surface area contributed by atoms with E-state index in [0.29, 0.717) is 12.6 Å². The number of benzene rings is 1. The van der Waals surface area contributed by atoms with E-state index in [1.54, 1.807) is 6.20 Å². The zero-order valence-electron chi connectivity index (χ0n) is 15.6. The topological polar surface area (TPSA) is 50.3 Å². The Labute approximate surface area is 160 Å². The number of hydrogen-bond donors (Lipinski definition) is 1. The van der Waals surface area contributed by atoms with Crippen molar-refractivity contribution in [2.75, 3.05) is 25.5 Å². The highest BCUT2D eigenvalue weighted by molar-refractivity contribution is 5.67. The van der Waals surface area contributed by atoms with Crippen LogP contribution in [0.2, 0.25) is 0 Å². The molecule has 2 heterocycles. The number of allylic oxidation sites excluding steroid dienone is 3. The molecule has 1 N–H and O–H groups in total. The molecular formula is C22H24N4O. The third kappa shape index (κ3) is 4.63. The number of aromatic nitrogens is 2. The third-order valence-electron chi connectivity index (χ3n) is 4.63. The van der Waals surface area contributed by atoms with Crippen LogP contribution in [0.25, 0.3) is 5.57 Å². The molecule has 2 aliphatic rings. The first-order valence-electron chi connectivity index (χ1n) is 9.33. The van der Waals surface area contributed by atoms with Crippen LogP contribution < -0.4 is 5.32 Å². The van der Waals surface area contributed by atoms with Crippen LogP contribution in [-0.2, 0) is 11.3 Å². The van der Waals surface area contributed by atoms with Gasteiger partial charge in [-0.2, -0.15) is 0 Å². The molecule has 0 amide bonds. The van der Waals surface area contributed by atoms with Crippen LogP contribution in [0.1, 0.15) is 24.1 Å². The number of rotatable bonds is 0. The predicted molar refractivity (Wildman–Crippen MR) is 108 cm³/mol. The number of likely N-dealkylation sites (N-methyl/N-ethyl adjacent to an activating group) is 1. The van der Waals surface area contributed by atoms with Crippen molar-refractivity contribution in [2.24, 2.45) is 0 Å². The van der Waals surface area contributed by atoms with E-state index in [1.807, 2.05) is 12.1 Å². The van der Waals surface area contributed by atoms with Gasteiger partial charge in [0.05, 0.1) is 5.69 Å². The van der Waals surface area contributed by atoms with E-state index in [1.165, 1.54) is 11.1 Å². The fourth-order valence-corrected chi connectivity index (χ4v) is 3.29. The van der Waals surface area contributed by atoms with Crippen LogP contribution >= 0.6 is 0 Å². The molecule has 5 nitrogen and oxygen atoms in total. The summed E-state index contributed by atoms with van der Waals surface area (Å²) in [6, 6.07) is 10.4. The summed E-state index contributed by atoms with van der Waals surface area (Å²) in [6.45, 7) is 2.33. The summed E-state index contributed by atoms with van der Waals surface area (Å²) in [5, 5.41) is 3.34. The van der Waals surface area contributed by atoms with Gasteiger partial charge in [-0.1, -0.05) is 24.3 Å². The highest BCUT2D eigenvalue weighted by Crippen LogP contribution is 2.26. The molecule has 0 spiro atoms. The Balaban J connectivity index is 1.67. The summed E-state index contributed by atoms with van der Waals surface area (Å²) < 4.78 is 5.90. The van der Waals surface area contributed by atoms with Crippen LogP contribution in [0.15, 0.2) is 66.6 Å². The average molecular weight is 360 g/mol. The molecule has 1 aromatic carbocycles. The maximum absolute atomic E-state index is 5.90. The van der Waals surface area contributed by atoms with Crippen LogP contribution in [0.3, 0.4) is 0 Å². The lowest BCUT2D eigenvalue weighted by Gasteiger charge is -2.15. The van der Waals surface area contributed by atoms with Crippen molar-refractivity contribution < 1.29 is 4.74 Å². The quantitative estimate of drug-likeness (QED) is 0.710. The molecule has 1 aliphatic carbocycles. The van der Waals surface area contributed by atoms with Gasteiger partial charge in [0, 0.05) is 25.0 Å². The van der Waals surface area contributed by atoms with Crippen molar-refractivity contribution in [2.45, 2.75) is 19.4 Å². The number of ether oxygens (including phenoxy) is 1. The molecular weight excluding hydrogens is 336 g/mol. The predicted octanol–water partition coefficient (Wildman–Crippen LogP) is 4.30. The SMILES string of the molecule is CN1C/C=C/COC2=CCCC(=C2)c2ccnc(n2)Nc2cccc(c2)C1. The van der Waals surface area contributed by atoms with Gasteiger partial charge >= 0.3 is 0 Å². The van der Waals surface area contributed by atoms with Crippen molar-refractivity contribution in [1.82, 2.24) is 14.9 Å². The zero-order valence-corrected chi connectivity index (χ0v) is 15.6. The number of nitrogens with zero attached hydrogens (tertiary/aromatic N) is 3. The van der Waals surface area contributed by atoms with Crippen LogP contribution in [0.4, 0.5) is 11.6 Å². The lowest BCUT2D eigenvalue weighted by molar-refractivity contribution is 0.258. The van der Waals surface area contributed by atoms with Crippen LogP contribution in [0.5, 0.6) is 0 Å². The second-order valence-electron chi connectivity index (χ2n) is 6.88. The van der Waals surface area contributed by atoms with Gasteiger partial charge in [0.25, 0.3) is 0 Å². The highest BCUT2D eigenvalue weighted by atomic mass is 16.5. The van der Waals surface area contributed by atoms with Gasteiger partial charge in [-0.3, -0.25) is 4.90 Å². The van der Waals surface area contributed by atoms with Gasteiger partial charge in [-0.05, 0) is 61.4 Å². The first-order chi connectivity index (χ1) is 13.3. The van der Waals surface area contributed by atoms with E-state index < -0.39 is 0 Å². The van der Waals surface area contributed by atoms with Gasteiger partial charge in [0.2, 0.25) is 5.95 Å². The van der Waals surface area contributed by atoms with Crippen LogP contribution in [-0.4, -0.2) is 35.1 Å². The molecule has 4 rings (SSSR count). The Morgan fingerprint density at radius 3 is 3.11 bits per heavy atom. The zero-order chi connectivity index (χ0) is 18.5. The van der Waals surface area contributed by atoms with Gasteiger partial charge in [-0.15, -0.1) is 0 Å². The third-order valence-corrected chi connectivity index (χ3v) is 4.63. The van der Waals surface area contributed by atoms with Crippen LogP contribution in [0, 0.1) is 0 Å². The van der Waals surface area contributed by atoms with Gasteiger partial charge < -0.3 is 10.1 Å². The molecule has 0 unspecified atom stereocenters. The summed E-state index contributed by atoms with van der Waals surface area (Å²) in [4.78, 5) is 11.4. The second-order valence-corrected chi connectivity index (χ2v) is 6.88.